The highest BCUT2D eigenvalue weighted by Gasteiger charge is 2.18. The van der Waals surface area contributed by atoms with Crippen LogP contribution in [0, 0.1) is 5.92 Å². The second-order valence-corrected chi connectivity index (χ2v) is 6.45. The molecule has 1 aromatic carbocycles. The molecule has 24 heavy (non-hydrogen) atoms. The molecule has 1 aromatic rings. The largest absolute Gasteiger partial charge is 0.396 e. The number of amides is 1. The van der Waals surface area contributed by atoms with Crippen LogP contribution in [-0.2, 0) is 16.1 Å². The lowest BCUT2D eigenvalue weighted by Gasteiger charge is -2.31. The zero-order chi connectivity index (χ0) is 17.4. The SMILES string of the molecule is COC(CN)CC(=O)Nc1cccc(CN2CCC(CO)CC2)c1. The molecule has 0 bridgehead atoms. The number of anilines is 1. The van der Waals surface area contributed by atoms with E-state index in [1.807, 2.05) is 18.2 Å². The summed E-state index contributed by atoms with van der Waals surface area (Å²) in [5.41, 5.74) is 7.53. The predicted octanol–water partition coefficient (Wildman–Crippen LogP) is 1.19. The summed E-state index contributed by atoms with van der Waals surface area (Å²) in [6, 6.07) is 7.94. The van der Waals surface area contributed by atoms with Crippen LogP contribution in [-0.4, -0.2) is 55.4 Å². The van der Waals surface area contributed by atoms with Crippen molar-refractivity contribution in [2.45, 2.75) is 31.9 Å². The van der Waals surface area contributed by atoms with Gasteiger partial charge in [0.15, 0.2) is 0 Å². The maximum Gasteiger partial charge on any atom is 0.227 e. The lowest BCUT2D eigenvalue weighted by atomic mass is 9.97. The Morgan fingerprint density at radius 2 is 2.21 bits per heavy atom. The molecule has 134 valence electrons. The molecule has 0 aliphatic carbocycles. The molecule has 1 heterocycles. The van der Waals surface area contributed by atoms with Gasteiger partial charge in [0.05, 0.1) is 12.5 Å². The summed E-state index contributed by atoms with van der Waals surface area (Å²) in [7, 11) is 1.56. The van der Waals surface area contributed by atoms with E-state index in [-0.39, 0.29) is 18.4 Å². The lowest BCUT2D eigenvalue weighted by molar-refractivity contribution is -0.118. The number of carbonyl (C=O) groups excluding carboxylic acids is 1. The van der Waals surface area contributed by atoms with Crippen molar-refractivity contribution < 1.29 is 14.6 Å². The van der Waals surface area contributed by atoms with Crippen molar-refractivity contribution in [2.24, 2.45) is 11.7 Å². The van der Waals surface area contributed by atoms with Gasteiger partial charge >= 0.3 is 0 Å². The van der Waals surface area contributed by atoms with Crippen molar-refractivity contribution in [2.75, 3.05) is 38.7 Å². The molecule has 1 atom stereocenters. The minimum atomic E-state index is -0.249. The first-order chi connectivity index (χ1) is 11.6. The number of rotatable bonds is 8. The van der Waals surface area contributed by atoms with Crippen LogP contribution in [0.5, 0.6) is 0 Å². The van der Waals surface area contributed by atoms with E-state index in [0.717, 1.165) is 38.2 Å². The van der Waals surface area contributed by atoms with Gasteiger partial charge in [0.2, 0.25) is 5.91 Å². The van der Waals surface area contributed by atoms with Gasteiger partial charge in [-0.1, -0.05) is 12.1 Å². The normalized spacial score (nSPS) is 17.6. The molecule has 6 nitrogen and oxygen atoms in total. The molecule has 1 aliphatic rings. The first-order valence-corrected chi connectivity index (χ1v) is 8.59. The highest BCUT2D eigenvalue weighted by molar-refractivity contribution is 5.91. The molecule has 1 unspecified atom stereocenters. The topological polar surface area (TPSA) is 87.8 Å². The zero-order valence-electron chi connectivity index (χ0n) is 14.4. The Labute approximate surface area is 144 Å². The van der Waals surface area contributed by atoms with Gasteiger partial charge in [-0.05, 0) is 49.5 Å². The number of piperidine rings is 1. The van der Waals surface area contributed by atoms with Gasteiger partial charge in [-0.25, -0.2) is 0 Å². The molecule has 4 N–H and O–H groups in total. The average Bonchev–Trinajstić information content (AvgIpc) is 2.60. The van der Waals surface area contributed by atoms with Crippen molar-refractivity contribution in [1.29, 1.82) is 0 Å². The van der Waals surface area contributed by atoms with E-state index >= 15 is 0 Å². The Morgan fingerprint density at radius 1 is 1.46 bits per heavy atom. The summed E-state index contributed by atoms with van der Waals surface area (Å²) < 4.78 is 5.14. The molecule has 2 rings (SSSR count). The van der Waals surface area contributed by atoms with Crippen molar-refractivity contribution in [1.82, 2.24) is 4.90 Å². The molecule has 0 radical (unpaired) electrons. The number of carbonyl (C=O) groups is 1. The number of hydrogen-bond acceptors (Lipinski definition) is 5. The van der Waals surface area contributed by atoms with Crippen LogP contribution in [0.2, 0.25) is 0 Å². The van der Waals surface area contributed by atoms with Gasteiger partial charge < -0.3 is 20.9 Å². The maximum atomic E-state index is 12.0. The Bertz CT molecular complexity index is 512. The minimum Gasteiger partial charge on any atom is -0.396 e. The number of nitrogens with one attached hydrogen (secondary N) is 1. The third-order valence-corrected chi connectivity index (χ3v) is 4.59. The van der Waals surface area contributed by atoms with Crippen molar-refractivity contribution in [3.63, 3.8) is 0 Å². The van der Waals surface area contributed by atoms with E-state index in [1.54, 1.807) is 7.11 Å². The Hall–Kier alpha value is -1.47. The molecular weight excluding hydrogens is 306 g/mol. The molecule has 0 spiro atoms. The Kier molecular flexibility index (Phi) is 7.65. The molecule has 1 amide bonds. The fourth-order valence-electron chi connectivity index (χ4n) is 3.01. The number of aliphatic hydroxyl groups is 1. The van der Waals surface area contributed by atoms with Gasteiger partial charge in [-0.3, -0.25) is 9.69 Å². The third kappa shape index (κ3) is 5.87. The van der Waals surface area contributed by atoms with Crippen molar-refractivity contribution in [3.8, 4) is 0 Å². The molecular formula is C18H29N3O3. The number of likely N-dealkylation sites (tertiary alicyclic amines) is 1. The summed E-state index contributed by atoms with van der Waals surface area (Å²) in [4.78, 5) is 14.4. The number of aliphatic hydroxyl groups excluding tert-OH is 1. The van der Waals surface area contributed by atoms with Crippen molar-refractivity contribution in [3.05, 3.63) is 29.8 Å². The van der Waals surface area contributed by atoms with Crippen LogP contribution in [0.25, 0.3) is 0 Å². The summed E-state index contributed by atoms with van der Waals surface area (Å²) >= 11 is 0. The van der Waals surface area contributed by atoms with Crippen LogP contribution in [0.4, 0.5) is 5.69 Å². The van der Waals surface area contributed by atoms with E-state index in [2.05, 4.69) is 16.3 Å². The van der Waals surface area contributed by atoms with E-state index in [9.17, 15) is 9.90 Å². The number of ether oxygens (including phenoxy) is 1. The highest BCUT2D eigenvalue weighted by Crippen LogP contribution is 2.19. The lowest BCUT2D eigenvalue weighted by Crippen LogP contribution is -2.34. The second kappa shape index (κ2) is 9.74. The molecule has 6 heteroatoms. The monoisotopic (exact) mass is 335 g/mol. The minimum absolute atomic E-state index is 0.0896. The molecule has 1 aliphatic heterocycles. The Balaban J connectivity index is 1.86. The van der Waals surface area contributed by atoms with Crippen LogP contribution in [0.15, 0.2) is 24.3 Å². The van der Waals surface area contributed by atoms with Crippen LogP contribution in [0.1, 0.15) is 24.8 Å². The molecule has 1 saturated heterocycles. The quantitative estimate of drug-likeness (QED) is 0.664. The number of benzene rings is 1. The Morgan fingerprint density at radius 3 is 2.83 bits per heavy atom. The fraction of sp³-hybridized carbons (Fsp3) is 0.611. The number of hydrogen-bond donors (Lipinski definition) is 3. The first kappa shape index (κ1) is 18.9. The van der Waals surface area contributed by atoms with Gasteiger partial charge in [0.1, 0.15) is 0 Å². The second-order valence-electron chi connectivity index (χ2n) is 6.45. The smallest absolute Gasteiger partial charge is 0.227 e. The standard InChI is InChI=1S/C18H29N3O3/c1-24-17(11-19)10-18(23)20-16-4-2-3-15(9-16)12-21-7-5-14(13-22)6-8-21/h2-4,9,14,17,22H,5-8,10-13,19H2,1H3,(H,20,23). The predicted molar refractivity (Wildman–Crippen MR) is 94.6 cm³/mol. The maximum absolute atomic E-state index is 12.0. The first-order valence-electron chi connectivity index (χ1n) is 8.59. The molecule has 0 aromatic heterocycles. The van der Waals surface area contributed by atoms with Gasteiger partial charge in [0.25, 0.3) is 0 Å². The van der Waals surface area contributed by atoms with Gasteiger partial charge in [0, 0.05) is 32.5 Å². The van der Waals surface area contributed by atoms with Crippen LogP contribution in [0.3, 0.4) is 0 Å². The third-order valence-electron chi connectivity index (χ3n) is 4.59. The van der Waals surface area contributed by atoms with E-state index in [1.165, 1.54) is 5.56 Å². The van der Waals surface area contributed by atoms with Crippen LogP contribution >= 0.6 is 0 Å². The fourth-order valence-corrected chi connectivity index (χ4v) is 3.01. The zero-order valence-corrected chi connectivity index (χ0v) is 14.4. The highest BCUT2D eigenvalue weighted by atomic mass is 16.5. The van der Waals surface area contributed by atoms with Gasteiger partial charge in [-0.15, -0.1) is 0 Å². The summed E-state index contributed by atoms with van der Waals surface area (Å²) in [5, 5.41) is 12.1. The average molecular weight is 335 g/mol. The number of nitrogens with two attached hydrogens (primary N) is 1. The van der Waals surface area contributed by atoms with Crippen LogP contribution < -0.4 is 11.1 Å². The van der Waals surface area contributed by atoms with Gasteiger partial charge in [-0.2, -0.15) is 0 Å². The molecule has 1 fully saturated rings. The summed E-state index contributed by atoms with van der Waals surface area (Å²) in [5.74, 6) is 0.358. The summed E-state index contributed by atoms with van der Waals surface area (Å²) in [6.45, 7) is 3.50. The van der Waals surface area contributed by atoms with E-state index in [0.29, 0.717) is 19.1 Å². The molecule has 0 saturated carbocycles. The summed E-state index contributed by atoms with van der Waals surface area (Å²) in [6.07, 6.45) is 2.10. The number of methoxy groups -OCH3 is 1. The number of nitrogens with zero attached hydrogens (tertiary/aromatic N) is 1. The van der Waals surface area contributed by atoms with E-state index < -0.39 is 0 Å². The van der Waals surface area contributed by atoms with E-state index in [4.69, 9.17) is 10.5 Å². The van der Waals surface area contributed by atoms with Crippen molar-refractivity contribution >= 4 is 11.6 Å².